The lowest BCUT2D eigenvalue weighted by Crippen LogP contribution is -2.01. The molecule has 0 atom stereocenters. The van der Waals surface area contributed by atoms with Gasteiger partial charge in [0, 0.05) is 30.0 Å². The van der Waals surface area contributed by atoms with E-state index in [2.05, 4.69) is 10.3 Å². The number of benzene rings is 2. The molecule has 3 nitrogen and oxygen atoms in total. The zero-order valence-corrected chi connectivity index (χ0v) is 11.2. The summed E-state index contributed by atoms with van der Waals surface area (Å²) in [6.45, 7) is 0.560. The number of hydrogen-bond donors (Lipinski definition) is 1. The lowest BCUT2D eigenvalue weighted by molar-refractivity contribution is 0.624. The highest BCUT2D eigenvalue weighted by molar-refractivity contribution is 5.84. The highest BCUT2D eigenvalue weighted by Crippen LogP contribution is 2.19. The molecule has 2 aromatic carbocycles. The van der Waals surface area contributed by atoms with E-state index in [1.165, 1.54) is 12.1 Å². The van der Waals surface area contributed by atoms with Gasteiger partial charge >= 0.3 is 0 Å². The first-order valence-electron chi connectivity index (χ1n) is 6.53. The number of anilines is 1. The molecule has 0 aliphatic carbocycles. The maximum absolute atomic E-state index is 13.3. The normalized spacial score (nSPS) is 10.3. The maximum atomic E-state index is 13.3. The predicted octanol–water partition coefficient (Wildman–Crippen LogP) is 3.86. The zero-order chi connectivity index (χ0) is 14.7. The zero-order valence-electron chi connectivity index (χ0n) is 11.2. The van der Waals surface area contributed by atoms with Gasteiger partial charge in [-0.2, -0.15) is 5.26 Å². The minimum absolute atomic E-state index is 0.0380. The van der Waals surface area contributed by atoms with Crippen LogP contribution in [0.5, 0.6) is 0 Å². The molecule has 0 radical (unpaired) electrons. The van der Waals surface area contributed by atoms with E-state index >= 15 is 0 Å². The fourth-order valence-electron chi connectivity index (χ4n) is 2.24. The fourth-order valence-corrected chi connectivity index (χ4v) is 2.24. The molecule has 1 aromatic heterocycles. The molecule has 0 unspecified atom stereocenters. The molecule has 3 rings (SSSR count). The van der Waals surface area contributed by atoms with E-state index in [-0.39, 0.29) is 5.56 Å². The molecule has 0 saturated heterocycles. The number of nitrogens with one attached hydrogen (secondary N) is 1. The van der Waals surface area contributed by atoms with Crippen LogP contribution in [0, 0.1) is 17.1 Å². The van der Waals surface area contributed by atoms with Crippen molar-refractivity contribution < 1.29 is 4.39 Å². The van der Waals surface area contributed by atoms with Crippen molar-refractivity contribution in [3.05, 3.63) is 71.8 Å². The Bertz CT molecular complexity index is 832. The topological polar surface area (TPSA) is 48.7 Å². The molecule has 0 saturated carbocycles. The number of aromatic nitrogens is 1. The van der Waals surface area contributed by atoms with Gasteiger partial charge in [0.1, 0.15) is 11.9 Å². The standard InChI is InChI=1S/C17H12FN3/c18-17-6-5-15(7-13(17)8-19)21-11-14-10-20-9-12-3-1-2-4-16(12)14/h1-7,9-10,21H,11H2. The van der Waals surface area contributed by atoms with E-state index in [0.717, 1.165) is 16.3 Å². The van der Waals surface area contributed by atoms with Crippen molar-refractivity contribution >= 4 is 16.5 Å². The van der Waals surface area contributed by atoms with Gasteiger partial charge in [-0.3, -0.25) is 4.98 Å². The minimum Gasteiger partial charge on any atom is -0.381 e. The molecule has 21 heavy (non-hydrogen) atoms. The summed E-state index contributed by atoms with van der Waals surface area (Å²) in [4.78, 5) is 4.22. The molecule has 0 fully saturated rings. The fraction of sp³-hybridized carbons (Fsp3) is 0.0588. The summed E-state index contributed by atoms with van der Waals surface area (Å²) in [6, 6.07) is 14.3. The van der Waals surface area contributed by atoms with Crippen LogP contribution < -0.4 is 5.32 Å². The van der Waals surface area contributed by atoms with Crippen LogP contribution in [0.25, 0.3) is 10.8 Å². The highest BCUT2D eigenvalue weighted by atomic mass is 19.1. The lowest BCUT2D eigenvalue weighted by Gasteiger charge is -2.09. The molecule has 0 aliphatic heterocycles. The monoisotopic (exact) mass is 277 g/mol. The second-order valence-corrected chi connectivity index (χ2v) is 4.68. The number of nitrogens with zero attached hydrogens (tertiary/aromatic N) is 2. The molecule has 0 bridgehead atoms. The molecule has 102 valence electrons. The Morgan fingerprint density at radius 2 is 2.00 bits per heavy atom. The van der Waals surface area contributed by atoms with Crippen molar-refractivity contribution in [1.29, 1.82) is 5.26 Å². The summed E-state index contributed by atoms with van der Waals surface area (Å²) in [7, 11) is 0. The van der Waals surface area contributed by atoms with Crippen LogP contribution in [0.4, 0.5) is 10.1 Å². The first kappa shape index (κ1) is 13.1. The summed E-state index contributed by atoms with van der Waals surface area (Å²) in [5, 5.41) is 14.2. The van der Waals surface area contributed by atoms with Gasteiger partial charge in [0.05, 0.1) is 5.56 Å². The van der Waals surface area contributed by atoms with Gasteiger partial charge in [-0.05, 0) is 29.1 Å². The first-order valence-corrected chi connectivity index (χ1v) is 6.53. The largest absolute Gasteiger partial charge is 0.381 e. The Hall–Kier alpha value is -2.93. The van der Waals surface area contributed by atoms with Crippen LogP contribution in [0.1, 0.15) is 11.1 Å². The molecule has 1 heterocycles. The van der Waals surface area contributed by atoms with Crippen LogP contribution in [-0.4, -0.2) is 4.98 Å². The van der Waals surface area contributed by atoms with Gasteiger partial charge in [-0.1, -0.05) is 24.3 Å². The Labute approximate surface area is 121 Å². The second-order valence-electron chi connectivity index (χ2n) is 4.68. The van der Waals surface area contributed by atoms with Crippen LogP contribution in [0.3, 0.4) is 0 Å². The average molecular weight is 277 g/mol. The van der Waals surface area contributed by atoms with Crippen LogP contribution in [-0.2, 0) is 6.54 Å². The summed E-state index contributed by atoms with van der Waals surface area (Å²) < 4.78 is 13.3. The second kappa shape index (κ2) is 5.59. The maximum Gasteiger partial charge on any atom is 0.141 e. The summed E-state index contributed by atoms with van der Waals surface area (Å²) in [5.74, 6) is -0.505. The number of pyridine rings is 1. The number of rotatable bonds is 3. The van der Waals surface area contributed by atoms with E-state index in [9.17, 15) is 4.39 Å². The predicted molar refractivity (Wildman–Crippen MR) is 80.2 cm³/mol. The molecule has 4 heteroatoms. The van der Waals surface area contributed by atoms with Gasteiger partial charge < -0.3 is 5.32 Å². The van der Waals surface area contributed by atoms with Gasteiger partial charge in [0.15, 0.2) is 0 Å². The molecule has 3 aromatic rings. The average Bonchev–Trinajstić information content (AvgIpc) is 2.54. The smallest absolute Gasteiger partial charge is 0.141 e. The van der Waals surface area contributed by atoms with Crippen LogP contribution in [0.15, 0.2) is 54.9 Å². The summed E-state index contributed by atoms with van der Waals surface area (Å²) >= 11 is 0. The molecule has 0 spiro atoms. The minimum atomic E-state index is -0.505. The third-order valence-electron chi connectivity index (χ3n) is 3.32. The van der Waals surface area contributed by atoms with Crippen LogP contribution in [0.2, 0.25) is 0 Å². The van der Waals surface area contributed by atoms with Gasteiger partial charge in [-0.25, -0.2) is 4.39 Å². The van der Waals surface area contributed by atoms with Gasteiger partial charge in [-0.15, -0.1) is 0 Å². The van der Waals surface area contributed by atoms with E-state index < -0.39 is 5.82 Å². The third kappa shape index (κ3) is 2.67. The van der Waals surface area contributed by atoms with E-state index in [0.29, 0.717) is 12.2 Å². The van der Waals surface area contributed by atoms with Gasteiger partial charge in [0.2, 0.25) is 0 Å². The number of hydrogen-bond acceptors (Lipinski definition) is 3. The summed E-state index contributed by atoms with van der Waals surface area (Å²) in [5.41, 5.74) is 1.80. The first-order chi connectivity index (χ1) is 10.3. The van der Waals surface area contributed by atoms with Crippen molar-refractivity contribution in [2.24, 2.45) is 0 Å². The van der Waals surface area contributed by atoms with Crippen molar-refractivity contribution in [1.82, 2.24) is 4.98 Å². The quantitative estimate of drug-likeness (QED) is 0.791. The van der Waals surface area contributed by atoms with Crippen LogP contribution >= 0.6 is 0 Å². The molecular formula is C17H12FN3. The van der Waals surface area contributed by atoms with E-state index in [1.807, 2.05) is 42.7 Å². The molecule has 0 amide bonds. The lowest BCUT2D eigenvalue weighted by atomic mass is 10.1. The number of nitriles is 1. The molecule has 0 aliphatic rings. The van der Waals surface area contributed by atoms with E-state index in [4.69, 9.17) is 5.26 Å². The Morgan fingerprint density at radius 1 is 1.14 bits per heavy atom. The Morgan fingerprint density at radius 3 is 2.86 bits per heavy atom. The van der Waals surface area contributed by atoms with Crippen molar-refractivity contribution in [3.63, 3.8) is 0 Å². The summed E-state index contributed by atoms with van der Waals surface area (Å²) in [6.07, 6.45) is 3.63. The molecule has 1 N–H and O–H groups in total. The highest BCUT2D eigenvalue weighted by Gasteiger charge is 2.04. The van der Waals surface area contributed by atoms with Gasteiger partial charge in [0.25, 0.3) is 0 Å². The number of halogens is 1. The third-order valence-corrected chi connectivity index (χ3v) is 3.32. The van der Waals surface area contributed by atoms with Crippen molar-refractivity contribution in [2.75, 3.05) is 5.32 Å². The van der Waals surface area contributed by atoms with Crippen molar-refractivity contribution in [2.45, 2.75) is 6.54 Å². The van der Waals surface area contributed by atoms with E-state index in [1.54, 1.807) is 6.07 Å². The SMILES string of the molecule is N#Cc1cc(NCc2cncc3ccccc23)ccc1F. The number of fused-ring (bicyclic) bond motifs is 1. The molecular weight excluding hydrogens is 265 g/mol. The Kier molecular flexibility index (Phi) is 3.48. The van der Waals surface area contributed by atoms with Crippen molar-refractivity contribution in [3.8, 4) is 6.07 Å². The Balaban J connectivity index is 1.86.